The molecule has 2 rings (SSSR count). The molecule has 0 spiro atoms. The van der Waals surface area contributed by atoms with Gasteiger partial charge >= 0.3 is 6.03 Å². The Bertz CT molecular complexity index is 556. The number of ether oxygens (including phenoxy) is 1. The molecule has 1 aliphatic rings. The number of anilines is 1. The number of urea groups is 1. The Morgan fingerprint density at radius 3 is 2.86 bits per heavy atom. The van der Waals surface area contributed by atoms with E-state index in [-0.39, 0.29) is 18.2 Å². The van der Waals surface area contributed by atoms with Crippen LogP contribution in [0.1, 0.15) is 24.8 Å². The fourth-order valence-corrected chi connectivity index (χ4v) is 2.80. The second kappa shape index (κ2) is 7.25. The Labute approximate surface area is 130 Å². The summed E-state index contributed by atoms with van der Waals surface area (Å²) in [6.07, 6.45) is 1.93. The lowest BCUT2D eigenvalue weighted by atomic mass is 9.85. The zero-order chi connectivity index (χ0) is 16.0. The summed E-state index contributed by atoms with van der Waals surface area (Å²) in [7, 11) is 1.74. The fourth-order valence-electron chi connectivity index (χ4n) is 2.80. The van der Waals surface area contributed by atoms with Gasteiger partial charge in [0.25, 0.3) is 0 Å². The minimum absolute atomic E-state index is 0.0293. The van der Waals surface area contributed by atoms with E-state index in [0.29, 0.717) is 43.7 Å². The summed E-state index contributed by atoms with van der Waals surface area (Å²) < 4.78 is 5.37. The van der Waals surface area contributed by atoms with Crippen LogP contribution in [-0.2, 0) is 4.74 Å². The molecule has 1 aliphatic heterocycles. The van der Waals surface area contributed by atoms with E-state index in [2.05, 4.69) is 5.32 Å². The van der Waals surface area contributed by atoms with Crippen LogP contribution in [0.2, 0.25) is 0 Å². The Balaban J connectivity index is 2.11. The van der Waals surface area contributed by atoms with E-state index in [1.54, 1.807) is 36.2 Å². The van der Waals surface area contributed by atoms with Gasteiger partial charge < -0.3 is 20.1 Å². The lowest BCUT2D eigenvalue weighted by molar-refractivity contribution is -0.0108. The lowest BCUT2D eigenvalue weighted by Crippen LogP contribution is -2.54. The highest BCUT2D eigenvalue weighted by molar-refractivity contribution is 5.89. The predicted molar refractivity (Wildman–Crippen MR) is 82.4 cm³/mol. The quantitative estimate of drug-likeness (QED) is 0.890. The second-order valence-electron chi connectivity index (χ2n) is 5.49. The molecule has 0 aliphatic carbocycles. The van der Waals surface area contributed by atoms with Crippen LogP contribution in [0.4, 0.5) is 10.5 Å². The maximum atomic E-state index is 12.5. The van der Waals surface area contributed by atoms with Gasteiger partial charge in [-0.15, -0.1) is 0 Å². The van der Waals surface area contributed by atoms with E-state index < -0.39 is 0 Å². The highest BCUT2D eigenvalue weighted by Crippen LogP contribution is 2.30. The molecule has 1 aromatic carbocycles. The zero-order valence-corrected chi connectivity index (χ0v) is 12.7. The van der Waals surface area contributed by atoms with E-state index >= 15 is 0 Å². The average molecular weight is 303 g/mol. The number of aliphatic hydroxyl groups is 1. The van der Waals surface area contributed by atoms with Gasteiger partial charge in [-0.2, -0.15) is 5.26 Å². The smallest absolute Gasteiger partial charge is 0.322 e. The van der Waals surface area contributed by atoms with Crippen LogP contribution in [0.25, 0.3) is 0 Å². The van der Waals surface area contributed by atoms with Gasteiger partial charge in [0.2, 0.25) is 0 Å². The molecule has 0 unspecified atom stereocenters. The van der Waals surface area contributed by atoms with Crippen molar-refractivity contribution in [2.24, 2.45) is 0 Å². The summed E-state index contributed by atoms with van der Waals surface area (Å²) >= 11 is 0. The van der Waals surface area contributed by atoms with Crippen LogP contribution in [0.3, 0.4) is 0 Å². The van der Waals surface area contributed by atoms with Gasteiger partial charge in [0.1, 0.15) is 0 Å². The largest absolute Gasteiger partial charge is 0.396 e. The number of rotatable bonds is 4. The molecule has 6 nitrogen and oxygen atoms in total. The molecule has 2 N–H and O–H groups in total. The summed E-state index contributed by atoms with van der Waals surface area (Å²) in [6, 6.07) is 8.59. The van der Waals surface area contributed by atoms with Gasteiger partial charge in [-0.1, -0.05) is 6.07 Å². The Morgan fingerprint density at radius 2 is 2.23 bits per heavy atom. The second-order valence-corrected chi connectivity index (χ2v) is 5.49. The summed E-state index contributed by atoms with van der Waals surface area (Å²) in [5.41, 5.74) is 0.697. The molecular weight excluding hydrogens is 282 g/mol. The van der Waals surface area contributed by atoms with Gasteiger partial charge in [-0.25, -0.2) is 4.79 Å². The zero-order valence-electron chi connectivity index (χ0n) is 12.7. The number of nitrogens with zero attached hydrogens (tertiary/aromatic N) is 2. The van der Waals surface area contributed by atoms with Crippen LogP contribution in [-0.4, -0.2) is 48.4 Å². The molecule has 0 bridgehead atoms. The molecular formula is C16H21N3O3. The minimum atomic E-state index is -0.385. The van der Waals surface area contributed by atoms with E-state index in [1.807, 2.05) is 6.07 Å². The molecule has 118 valence electrons. The molecule has 0 atom stereocenters. The molecule has 1 fully saturated rings. The maximum Gasteiger partial charge on any atom is 0.322 e. The number of nitriles is 1. The highest BCUT2D eigenvalue weighted by atomic mass is 16.5. The van der Waals surface area contributed by atoms with Crippen molar-refractivity contribution in [2.45, 2.75) is 24.8 Å². The molecule has 1 saturated heterocycles. The number of hydrogen-bond donors (Lipinski definition) is 2. The van der Waals surface area contributed by atoms with Gasteiger partial charge in [0.15, 0.2) is 0 Å². The van der Waals surface area contributed by atoms with Crippen molar-refractivity contribution in [1.82, 2.24) is 4.90 Å². The number of aliphatic hydroxyl groups excluding tert-OH is 1. The van der Waals surface area contributed by atoms with Crippen LogP contribution in [0.5, 0.6) is 0 Å². The first-order valence-corrected chi connectivity index (χ1v) is 7.35. The van der Waals surface area contributed by atoms with Crippen molar-refractivity contribution in [3.8, 4) is 6.07 Å². The van der Waals surface area contributed by atoms with Crippen LogP contribution in [0, 0.1) is 11.3 Å². The Kier molecular flexibility index (Phi) is 5.36. The SMILES string of the molecule is CN(C(=O)Nc1cccc(C#N)c1)C1(CCO)CCOCC1. The summed E-state index contributed by atoms with van der Waals surface area (Å²) in [6.45, 7) is 1.20. The number of nitrogens with one attached hydrogen (secondary N) is 1. The highest BCUT2D eigenvalue weighted by Gasteiger charge is 2.38. The molecule has 6 heteroatoms. The van der Waals surface area contributed by atoms with Gasteiger partial charge in [0.05, 0.1) is 17.2 Å². The first kappa shape index (κ1) is 16.3. The van der Waals surface area contributed by atoms with Crippen molar-refractivity contribution in [3.63, 3.8) is 0 Å². The minimum Gasteiger partial charge on any atom is -0.396 e. The third kappa shape index (κ3) is 3.56. The number of carbonyl (C=O) groups excluding carboxylic acids is 1. The molecule has 1 aromatic rings. The number of amides is 2. The molecule has 0 saturated carbocycles. The Morgan fingerprint density at radius 1 is 1.50 bits per heavy atom. The van der Waals surface area contributed by atoms with E-state index in [1.165, 1.54) is 0 Å². The van der Waals surface area contributed by atoms with Crippen molar-refractivity contribution >= 4 is 11.7 Å². The van der Waals surface area contributed by atoms with E-state index in [9.17, 15) is 9.90 Å². The van der Waals surface area contributed by atoms with Crippen molar-refractivity contribution in [3.05, 3.63) is 29.8 Å². The monoisotopic (exact) mass is 303 g/mol. The third-order valence-corrected chi connectivity index (χ3v) is 4.26. The van der Waals surface area contributed by atoms with Crippen LogP contribution in [0.15, 0.2) is 24.3 Å². The number of benzene rings is 1. The lowest BCUT2D eigenvalue weighted by Gasteiger charge is -2.44. The van der Waals surface area contributed by atoms with Crippen molar-refractivity contribution in [2.75, 3.05) is 32.2 Å². The average Bonchev–Trinajstić information content (AvgIpc) is 2.55. The summed E-state index contributed by atoms with van der Waals surface area (Å²) in [5, 5.41) is 21.1. The normalized spacial score (nSPS) is 16.6. The molecule has 22 heavy (non-hydrogen) atoms. The maximum absolute atomic E-state index is 12.5. The van der Waals surface area contributed by atoms with Gasteiger partial charge in [-0.3, -0.25) is 0 Å². The standard InChI is InChI=1S/C16H21N3O3/c1-19(16(5-8-20)6-9-22-10-7-16)15(21)18-14-4-2-3-13(11-14)12-17/h2-4,11,20H,5-10H2,1H3,(H,18,21). The molecule has 2 amide bonds. The summed E-state index contributed by atoms with van der Waals surface area (Å²) in [5.74, 6) is 0. The molecule has 1 heterocycles. The van der Waals surface area contributed by atoms with E-state index in [0.717, 1.165) is 0 Å². The first-order valence-electron chi connectivity index (χ1n) is 7.35. The topological polar surface area (TPSA) is 85.6 Å². The number of carbonyl (C=O) groups is 1. The molecule has 0 radical (unpaired) electrons. The predicted octanol–water partition coefficient (Wildman–Crippen LogP) is 1.95. The molecule has 0 aromatic heterocycles. The van der Waals surface area contributed by atoms with Crippen molar-refractivity contribution in [1.29, 1.82) is 5.26 Å². The number of hydrogen-bond acceptors (Lipinski definition) is 4. The van der Waals surface area contributed by atoms with E-state index in [4.69, 9.17) is 10.00 Å². The summed E-state index contributed by atoms with van der Waals surface area (Å²) in [4.78, 5) is 14.2. The van der Waals surface area contributed by atoms with Crippen LogP contribution >= 0.6 is 0 Å². The van der Waals surface area contributed by atoms with Gasteiger partial charge in [0, 0.05) is 32.6 Å². The third-order valence-electron chi connectivity index (χ3n) is 4.26. The first-order chi connectivity index (χ1) is 10.6. The Hall–Kier alpha value is -2.10. The van der Waals surface area contributed by atoms with Crippen LogP contribution < -0.4 is 5.32 Å². The van der Waals surface area contributed by atoms with Gasteiger partial charge in [-0.05, 0) is 37.5 Å². The van der Waals surface area contributed by atoms with Crippen molar-refractivity contribution < 1.29 is 14.6 Å². The fraction of sp³-hybridized carbons (Fsp3) is 0.500.